The Bertz CT molecular complexity index is 840. The molecule has 0 spiro atoms. The van der Waals surface area contributed by atoms with Gasteiger partial charge in [-0.25, -0.2) is 10.0 Å². The summed E-state index contributed by atoms with van der Waals surface area (Å²) in [4.78, 5) is 10.4. The first kappa shape index (κ1) is 18.0. The van der Waals surface area contributed by atoms with Gasteiger partial charge in [-0.1, -0.05) is 18.2 Å². The molecule has 8 heteroatoms. The van der Waals surface area contributed by atoms with Crippen molar-refractivity contribution in [3.63, 3.8) is 0 Å². The first-order valence-corrected chi connectivity index (χ1v) is 8.09. The molecule has 0 atom stereocenters. The maximum atomic E-state index is 10.8. The summed E-state index contributed by atoms with van der Waals surface area (Å²) in [5.41, 5.74) is 2.36. The average Bonchev–Trinajstić information content (AvgIpc) is 2.55. The summed E-state index contributed by atoms with van der Waals surface area (Å²) >= 11 is 4.67. The number of hydrazine groups is 1. The lowest BCUT2D eigenvalue weighted by Crippen LogP contribution is -2.41. The van der Waals surface area contributed by atoms with E-state index >= 15 is 0 Å². The third kappa shape index (κ3) is 3.94. The van der Waals surface area contributed by atoms with Crippen LogP contribution in [0.3, 0.4) is 0 Å². The summed E-state index contributed by atoms with van der Waals surface area (Å²) in [7, 11) is 4.47. The monoisotopic (exact) mass is 361 g/mol. The minimum absolute atomic E-state index is 0.0287. The minimum atomic E-state index is -0.437. The van der Waals surface area contributed by atoms with Gasteiger partial charge in [-0.2, -0.15) is 0 Å². The molecule has 1 N–H and O–H groups in total. The van der Waals surface area contributed by atoms with E-state index in [9.17, 15) is 15.2 Å². The summed E-state index contributed by atoms with van der Waals surface area (Å²) < 4.78 is 2.42. The molecule has 24 heavy (non-hydrogen) atoms. The Morgan fingerprint density at radius 1 is 1.21 bits per heavy atom. The standard InChI is InChI=1S/C16H15N3O3S2/c1-17(2)18(16(20)24-11-23)15-6-4-3-5-14(15)12-7-9-13(10-8-12)19(21)22/h3-10,20H,1-2H3. The fraction of sp³-hybridized carbons (Fsp3) is 0.125. The Morgan fingerprint density at radius 2 is 1.83 bits per heavy atom. The SMILES string of the molecule is CN(C)N(C(O)=S=C=S)c1ccccc1-c1ccc([N+](=O)[O-])cc1. The lowest BCUT2D eigenvalue weighted by Gasteiger charge is -2.30. The molecular formula is C16H15N3O3S2. The van der Waals surface area contributed by atoms with Crippen LogP contribution in [0.25, 0.3) is 11.1 Å². The van der Waals surface area contributed by atoms with Gasteiger partial charge in [0.05, 0.1) is 10.6 Å². The summed E-state index contributed by atoms with van der Waals surface area (Å²) in [5, 5.41) is 24.3. The lowest BCUT2D eigenvalue weighted by atomic mass is 10.0. The maximum Gasteiger partial charge on any atom is 0.269 e. The Kier molecular flexibility index (Phi) is 5.97. The normalized spacial score (nSPS) is 10.2. The number of rotatable bonds is 4. The fourth-order valence-electron chi connectivity index (χ4n) is 2.24. The Hall–Kier alpha value is -2.35. The van der Waals surface area contributed by atoms with Gasteiger partial charge in [-0.15, -0.1) is 0 Å². The molecule has 0 bridgehead atoms. The van der Waals surface area contributed by atoms with Crippen LogP contribution in [0.4, 0.5) is 11.4 Å². The van der Waals surface area contributed by atoms with Crippen LogP contribution >= 0.6 is 23.2 Å². The van der Waals surface area contributed by atoms with Crippen LogP contribution in [0, 0.1) is 10.1 Å². The molecule has 0 saturated carbocycles. The summed E-state index contributed by atoms with van der Waals surface area (Å²) in [6.45, 7) is 0. The molecule has 0 unspecified atom stereocenters. The van der Waals surface area contributed by atoms with Crippen molar-refractivity contribution >= 4 is 44.0 Å². The summed E-state index contributed by atoms with van der Waals surface area (Å²) in [6, 6.07) is 13.7. The number of non-ortho nitro benzene ring substituents is 1. The highest BCUT2D eigenvalue weighted by molar-refractivity contribution is 8.04. The van der Waals surface area contributed by atoms with Gasteiger partial charge in [-0.3, -0.25) is 10.1 Å². The molecule has 0 radical (unpaired) electrons. The van der Waals surface area contributed by atoms with Gasteiger partial charge < -0.3 is 5.11 Å². The predicted octanol–water partition coefficient (Wildman–Crippen LogP) is 3.76. The van der Waals surface area contributed by atoms with Crippen molar-refractivity contribution in [3.05, 3.63) is 58.6 Å². The first-order chi connectivity index (χ1) is 11.5. The quantitative estimate of drug-likeness (QED) is 0.508. The van der Waals surface area contributed by atoms with E-state index in [0.717, 1.165) is 22.1 Å². The Balaban J connectivity index is 2.59. The largest absolute Gasteiger partial charge is 0.337 e. The van der Waals surface area contributed by atoms with Crippen molar-refractivity contribution < 1.29 is 10.0 Å². The number of thiocarbonyl (C=S) groups is 1. The number of hydrogen-bond donors (Lipinski definition) is 1. The van der Waals surface area contributed by atoms with Crippen LogP contribution in [0.1, 0.15) is 0 Å². The van der Waals surface area contributed by atoms with Gasteiger partial charge >= 0.3 is 0 Å². The van der Waals surface area contributed by atoms with Crippen molar-refractivity contribution in [1.29, 1.82) is 0 Å². The second-order valence-electron chi connectivity index (χ2n) is 4.95. The van der Waals surface area contributed by atoms with Crippen LogP contribution in [0.2, 0.25) is 0 Å². The molecule has 0 aromatic heterocycles. The van der Waals surface area contributed by atoms with Crippen molar-refractivity contribution in [2.75, 3.05) is 19.1 Å². The molecule has 0 aliphatic rings. The minimum Gasteiger partial charge on any atom is -0.337 e. The van der Waals surface area contributed by atoms with Gasteiger partial charge in [0.2, 0.25) is 5.17 Å². The average molecular weight is 361 g/mol. The lowest BCUT2D eigenvalue weighted by molar-refractivity contribution is -0.384. The zero-order valence-corrected chi connectivity index (χ0v) is 14.7. The van der Waals surface area contributed by atoms with Crippen LogP contribution in [0.5, 0.6) is 0 Å². The van der Waals surface area contributed by atoms with Crippen LogP contribution in [-0.4, -0.2) is 38.6 Å². The molecule has 2 aromatic carbocycles. The summed E-state index contributed by atoms with van der Waals surface area (Å²) in [5.74, 6) is 0. The molecule has 2 rings (SSSR count). The van der Waals surface area contributed by atoms with E-state index in [1.165, 1.54) is 12.1 Å². The van der Waals surface area contributed by atoms with E-state index < -0.39 is 4.92 Å². The van der Waals surface area contributed by atoms with E-state index in [1.54, 1.807) is 36.2 Å². The molecule has 0 fully saturated rings. The molecule has 0 aliphatic heterocycles. The Morgan fingerprint density at radius 3 is 2.38 bits per heavy atom. The number of aliphatic hydroxyl groups is 1. The number of nitro groups is 1. The van der Waals surface area contributed by atoms with Crippen molar-refractivity contribution in [1.82, 2.24) is 5.01 Å². The second kappa shape index (κ2) is 7.96. The molecule has 124 valence electrons. The van der Waals surface area contributed by atoms with Gasteiger partial charge in [-0.05, 0) is 46.9 Å². The van der Waals surface area contributed by atoms with Gasteiger partial charge in [0.15, 0.2) is 0 Å². The number of aliphatic hydroxyl groups excluding tert-OH is 1. The van der Waals surface area contributed by atoms with Crippen molar-refractivity contribution in [2.45, 2.75) is 0 Å². The topological polar surface area (TPSA) is 69.8 Å². The zero-order chi connectivity index (χ0) is 17.7. The fourth-order valence-corrected chi connectivity index (χ4v) is 2.88. The van der Waals surface area contributed by atoms with E-state index in [4.69, 9.17) is 0 Å². The van der Waals surface area contributed by atoms with Crippen LogP contribution < -0.4 is 5.01 Å². The van der Waals surface area contributed by atoms with Crippen molar-refractivity contribution in [3.8, 4) is 11.1 Å². The van der Waals surface area contributed by atoms with Crippen molar-refractivity contribution in [2.24, 2.45) is 0 Å². The molecule has 2 aromatic rings. The third-order valence-corrected chi connectivity index (χ3v) is 3.92. The van der Waals surface area contributed by atoms with Gasteiger partial charge in [0.1, 0.15) is 0 Å². The molecular weight excluding hydrogens is 346 g/mol. The summed E-state index contributed by atoms with van der Waals surface area (Å²) in [6.07, 6.45) is 0. The number of nitro benzene ring substituents is 1. The molecule has 6 nitrogen and oxygen atoms in total. The molecule has 0 saturated heterocycles. The van der Waals surface area contributed by atoms with E-state index in [-0.39, 0.29) is 10.9 Å². The first-order valence-electron chi connectivity index (χ1n) is 6.87. The number of para-hydroxylation sites is 1. The third-order valence-electron chi connectivity index (χ3n) is 3.24. The highest BCUT2D eigenvalue weighted by Crippen LogP contribution is 2.32. The second-order valence-corrected chi connectivity index (χ2v) is 6.18. The van der Waals surface area contributed by atoms with E-state index in [0.29, 0.717) is 5.69 Å². The zero-order valence-electron chi connectivity index (χ0n) is 13.0. The van der Waals surface area contributed by atoms with Gasteiger partial charge in [0.25, 0.3) is 5.69 Å². The molecule has 0 amide bonds. The maximum absolute atomic E-state index is 10.8. The smallest absolute Gasteiger partial charge is 0.269 e. The van der Waals surface area contributed by atoms with E-state index in [1.807, 2.05) is 24.3 Å². The predicted molar refractivity (Wildman–Crippen MR) is 103 cm³/mol. The Labute approximate surface area is 148 Å². The number of hydrogen-bond acceptors (Lipinski definition) is 4. The van der Waals surface area contributed by atoms with Gasteiger partial charge in [0, 0.05) is 36.1 Å². The highest BCUT2D eigenvalue weighted by Gasteiger charge is 2.18. The van der Waals surface area contributed by atoms with E-state index in [2.05, 4.69) is 16.5 Å². The molecule has 0 heterocycles. The number of nitrogens with zero attached hydrogens (tertiary/aromatic N) is 3. The number of benzene rings is 2. The van der Waals surface area contributed by atoms with Crippen LogP contribution in [0.15, 0.2) is 48.5 Å². The highest BCUT2D eigenvalue weighted by atomic mass is 32.1. The number of anilines is 1. The molecule has 0 aliphatic carbocycles. The van der Waals surface area contributed by atoms with Crippen LogP contribution in [-0.2, 0) is 0 Å².